The Hall–Kier alpha value is -0.900. The number of benzene rings is 1. The zero-order chi connectivity index (χ0) is 10.7. The maximum Gasteiger partial charge on any atom is 0.148 e. The van der Waals surface area contributed by atoms with Crippen LogP contribution in [0.1, 0.15) is 12.8 Å². The largest absolute Gasteiger partial charge is 0.395 e. The van der Waals surface area contributed by atoms with Gasteiger partial charge in [0.05, 0.1) is 11.4 Å². The van der Waals surface area contributed by atoms with Crippen molar-refractivity contribution < 1.29 is 4.39 Å². The Balaban J connectivity index is 2.06. The average Bonchev–Trinajstić information content (AvgIpc) is 2.26. The van der Waals surface area contributed by atoms with Crippen LogP contribution in [0.15, 0.2) is 18.2 Å². The van der Waals surface area contributed by atoms with E-state index in [0.29, 0.717) is 6.04 Å². The summed E-state index contributed by atoms with van der Waals surface area (Å²) in [5, 5.41) is 3.31. The molecule has 0 radical (unpaired) electrons. The van der Waals surface area contributed by atoms with Crippen molar-refractivity contribution in [3.8, 4) is 0 Å². The number of para-hydroxylation sites is 1. The highest BCUT2D eigenvalue weighted by molar-refractivity contribution is 7.99. The van der Waals surface area contributed by atoms with Gasteiger partial charge in [-0.3, -0.25) is 0 Å². The van der Waals surface area contributed by atoms with Crippen LogP contribution >= 0.6 is 11.8 Å². The van der Waals surface area contributed by atoms with Gasteiger partial charge in [-0.2, -0.15) is 11.8 Å². The van der Waals surface area contributed by atoms with Gasteiger partial charge >= 0.3 is 0 Å². The zero-order valence-corrected chi connectivity index (χ0v) is 9.32. The molecule has 4 heteroatoms. The molecule has 1 aromatic carbocycles. The highest BCUT2D eigenvalue weighted by atomic mass is 32.2. The summed E-state index contributed by atoms with van der Waals surface area (Å²) in [4.78, 5) is 0. The Labute approximate surface area is 93.4 Å². The van der Waals surface area contributed by atoms with Crippen molar-refractivity contribution in [2.75, 3.05) is 22.6 Å². The molecule has 2 rings (SSSR count). The van der Waals surface area contributed by atoms with E-state index in [9.17, 15) is 4.39 Å². The third-order valence-corrected chi connectivity index (χ3v) is 3.68. The van der Waals surface area contributed by atoms with Crippen LogP contribution in [0.3, 0.4) is 0 Å². The van der Waals surface area contributed by atoms with Crippen LogP contribution in [0.25, 0.3) is 0 Å². The summed E-state index contributed by atoms with van der Waals surface area (Å²) in [6, 6.07) is 5.35. The molecule has 1 aliphatic rings. The van der Waals surface area contributed by atoms with Crippen LogP contribution in [0.2, 0.25) is 0 Å². The molecule has 1 heterocycles. The maximum atomic E-state index is 13.2. The number of halogens is 1. The van der Waals surface area contributed by atoms with E-state index in [4.69, 9.17) is 5.73 Å². The molecule has 0 bridgehead atoms. The molecule has 3 N–H and O–H groups in total. The van der Waals surface area contributed by atoms with Crippen molar-refractivity contribution in [1.29, 1.82) is 0 Å². The van der Waals surface area contributed by atoms with Gasteiger partial charge in [0.15, 0.2) is 0 Å². The molecule has 1 fully saturated rings. The second-order valence-electron chi connectivity index (χ2n) is 3.73. The van der Waals surface area contributed by atoms with E-state index >= 15 is 0 Å². The van der Waals surface area contributed by atoms with Gasteiger partial charge in [-0.05, 0) is 36.5 Å². The molecule has 0 aromatic heterocycles. The smallest absolute Gasteiger partial charge is 0.148 e. The number of rotatable bonds is 2. The Morgan fingerprint density at radius 1 is 1.33 bits per heavy atom. The van der Waals surface area contributed by atoms with E-state index < -0.39 is 0 Å². The first kappa shape index (κ1) is 10.6. The highest BCUT2D eigenvalue weighted by Gasteiger charge is 2.14. The minimum Gasteiger partial charge on any atom is -0.395 e. The number of hydrogen-bond acceptors (Lipinski definition) is 3. The standard InChI is InChI=1S/C11H15FN2S/c12-9-2-1-3-10(11(9)13)14-8-4-6-15-7-5-8/h1-3,8,14H,4-7,13H2. The minimum absolute atomic E-state index is 0.232. The lowest BCUT2D eigenvalue weighted by molar-refractivity contribution is 0.630. The summed E-state index contributed by atoms with van der Waals surface area (Å²) in [5.41, 5.74) is 6.62. The van der Waals surface area contributed by atoms with Crippen molar-refractivity contribution >= 4 is 23.1 Å². The third-order valence-electron chi connectivity index (χ3n) is 2.63. The van der Waals surface area contributed by atoms with Crippen LogP contribution in [0, 0.1) is 5.82 Å². The van der Waals surface area contributed by atoms with E-state index in [-0.39, 0.29) is 11.5 Å². The van der Waals surface area contributed by atoms with Gasteiger partial charge in [0, 0.05) is 6.04 Å². The first-order valence-electron chi connectivity index (χ1n) is 5.15. The van der Waals surface area contributed by atoms with Crippen LogP contribution in [-0.2, 0) is 0 Å². The summed E-state index contributed by atoms with van der Waals surface area (Å²) < 4.78 is 13.2. The predicted octanol–water partition coefficient (Wildman–Crippen LogP) is 2.72. The summed E-state index contributed by atoms with van der Waals surface area (Å²) in [6.45, 7) is 0. The highest BCUT2D eigenvalue weighted by Crippen LogP contribution is 2.25. The molecule has 0 spiro atoms. The van der Waals surface area contributed by atoms with Gasteiger partial charge in [0.1, 0.15) is 5.82 Å². The van der Waals surface area contributed by atoms with Crippen LogP contribution < -0.4 is 11.1 Å². The second kappa shape index (κ2) is 4.75. The Morgan fingerprint density at radius 3 is 2.80 bits per heavy atom. The van der Waals surface area contributed by atoms with Gasteiger partial charge in [-0.1, -0.05) is 6.07 Å². The maximum absolute atomic E-state index is 13.2. The third kappa shape index (κ3) is 2.56. The Bertz CT molecular complexity index is 337. The minimum atomic E-state index is -0.342. The van der Waals surface area contributed by atoms with Crippen LogP contribution in [0.5, 0.6) is 0 Å². The molecule has 0 atom stereocenters. The van der Waals surface area contributed by atoms with Crippen molar-refractivity contribution in [3.05, 3.63) is 24.0 Å². The quantitative estimate of drug-likeness (QED) is 0.761. The topological polar surface area (TPSA) is 38.0 Å². The van der Waals surface area contributed by atoms with E-state index in [0.717, 1.165) is 18.5 Å². The first-order chi connectivity index (χ1) is 7.27. The molecule has 82 valence electrons. The molecular formula is C11H15FN2S. The first-order valence-corrected chi connectivity index (χ1v) is 6.31. The van der Waals surface area contributed by atoms with Crippen molar-refractivity contribution in [1.82, 2.24) is 0 Å². The molecule has 2 nitrogen and oxygen atoms in total. The lowest BCUT2D eigenvalue weighted by atomic mass is 10.1. The van der Waals surface area contributed by atoms with Gasteiger partial charge in [-0.15, -0.1) is 0 Å². The molecular weight excluding hydrogens is 211 g/mol. The number of hydrogen-bond donors (Lipinski definition) is 2. The van der Waals surface area contributed by atoms with E-state index in [1.54, 1.807) is 6.07 Å². The van der Waals surface area contributed by atoms with Crippen molar-refractivity contribution in [3.63, 3.8) is 0 Å². The van der Waals surface area contributed by atoms with E-state index in [2.05, 4.69) is 5.32 Å². The van der Waals surface area contributed by atoms with Gasteiger partial charge < -0.3 is 11.1 Å². The van der Waals surface area contributed by atoms with Gasteiger partial charge in [0.2, 0.25) is 0 Å². The molecule has 1 aromatic rings. The SMILES string of the molecule is Nc1c(F)cccc1NC1CCSCC1. The summed E-state index contributed by atoms with van der Waals surface area (Å²) in [7, 11) is 0. The summed E-state index contributed by atoms with van der Waals surface area (Å²) in [6.07, 6.45) is 2.25. The number of nitrogens with one attached hydrogen (secondary N) is 1. The normalized spacial score (nSPS) is 17.7. The molecule has 1 saturated heterocycles. The molecule has 1 aliphatic heterocycles. The second-order valence-corrected chi connectivity index (χ2v) is 4.96. The Kier molecular flexibility index (Phi) is 3.36. The lowest BCUT2D eigenvalue weighted by Gasteiger charge is -2.24. The molecule has 0 aliphatic carbocycles. The van der Waals surface area contributed by atoms with E-state index in [1.807, 2.05) is 17.8 Å². The zero-order valence-electron chi connectivity index (χ0n) is 8.50. The monoisotopic (exact) mass is 226 g/mol. The van der Waals surface area contributed by atoms with Crippen LogP contribution in [-0.4, -0.2) is 17.5 Å². The molecule has 0 unspecified atom stereocenters. The van der Waals surface area contributed by atoms with Gasteiger partial charge in [-0.25, -0.2) is 4.39 Å². The van der Waals surface area contributed by atoms with E-state index in [1.165, 1.54) is 17.6 Å². The number of nitrogens with two attached hydrogens (primary N) is 1. The van der Waals surface area contributed by atoms with Crippen molar-refractivity contribution in [2.24, 2.45) is 0 Å². The fraction of sp³-hybridized carbons (Fsp3) is 0.455. The fourth-order valence-corrected chi connectivity index (χ4v) is 2.83. The number of anilines is 2. The number of nitrogen functional groups attached to an aromatic ring is 1. The summed E-state index contributed by atoms with van der Waals surface area (Å²) >= 11 is 1.97. The average molecular weight is 226 g/mol. The Morgan fingerprint density at radius 2 is 2.07 bits per heavy atom. The fourth-order valence-electron chi connectivity index (χ4n) is 1.72. The van der Waals surface area contributed by atoms with Gasteiger partial charge in [0.25, 0.3) is 0 Å². The van der Waals surface area contributed by atoms with Crippen LogP contribution in [0.4, 0.5) is 15.8 Å². The predicted molar refractivity (Wildman–Crippen MR) is 64.8 cm³/mol. The summed E-state index contributed by atoms with van der Waals surface area (Å²) in [5.74, 6) is 2.00. The lowest BCUT2D eigenvalue weighted by Crippen LogP contribution is -2.25. The molecule has 15 heavy (non-hydrogen) atoms. The number of thioether (sulfide) groups is 1. The van der Waals surface area contributed by atoms with Crippen molar-refractivity contribution in [2.45, 2.75) is 18.9 Å². The molecule has 0 saturated carbocycles. The molecule has 0 amide bonds.